The second kappa shape index (κ2) is 30.4. The van der Waals surface area contributed by atoms with Gasteiger partial charge in [-0.3, -0.25) is 23.2 Å². The lowest BCUT2D eigenvalue weighted by Crippen LogP contribution is -2.37. The Morgan fingerprint density at radius 2 is 1.25 bits per heavy atom. The fourth-order valence-electron chi connectivity index (χ4n) is 5.13. The Morgan fingerprint density at radius 3 is 1.80 bits per heavy atom. The van der Waals surface area contributed by atoms with Gasteiger partial charge in [0.05, 0.1) is 25.9 Å². The molecule has 1 amide bonds. The van der Waals surface area contributed by atoms with Crippen molar-refractivity contribution in [3.63, 3.8) is 0 Å². The summed E-state index contributed by atoms with van der Waals surface area (Å²) in [6.45, 7) is 11.7. The second-order valence-corrected chi connectivity index (χ2v) is 13.8. The zero-order valence-electron chi connectivity index (χ0n) is 28.9. The van der Waals surface area contributed by atoms with E-state index in [9.17, 15) is 14.2 Å². The molecular formula is C35H68NO7P. The Bertz CT molecular complexity index is 749. The average Bonchev–Trinajstić information content (AvgIpc) is 3.00. The SMILES string of the molecule is C=CCOP(=O)(OCCC)OCC(CCCC(CCCCCCCC)OC(=O)CCCCCCCCCCCC)NC(C)=O. The smallest absolute Gasteiger partial charge is 0.462 e. The van der Waals surface area contributed by atoms with E-state index >= 15 is 0 Å². The number of hydrogen-bond donors (Lipinski definition) is 1. The third kappa shape index (κ3) is 27.1. The number of carbonyl (C=O) groups excluding carboxylic acids is 2. The number of amides is 1. The number of nitrogens with one attached hydrogen (secondary N) is 1. The van der Waals surface area contributed by atoms with Gasteiger partial charge in [-0.25, -0.2) is 4.57 Å². The molecule has 0 aliphatic carbocycles. The predicted octanol–water partition coefficient (Wildman–Crippen LogP) is 10.4. The number of esters is 1. The van der Waals surface area contributed by atoms with Crippen molar-refractivity contribution in [3.8, 4) is 0 Å². The second-order valence-electron chi connectivity index (χ2n) is 12.1. The molecule has 0 aromatic heterocycles. The van der Waals surface area contributed by atoms with Gasteiger partial charge in [-0.2, -0.15) is 0 Å². The van der Waals surface area contributed by atoms with Crippen LogP contribution in [0.25, 0.3) is 0 Å². The molecule has 0 aliphatic rings. The molecule has 260 valence electrons. The van der Waals surface area contributed by atoms with E-state index in [0.29, 0.717) is 25.7 Å². The first-order valence-electron chi connectivity index (χ1n) is 17.9. The molecule has 0 spiro atoms. The Labute approximate surface area is 270 Å². The normalized spacial score (nSPS) is 14.1. The lowest BCUT2D eigenvalue weighted by molar-refractivity contribution is -0.150. The maximum Gasteiger partial charge on any atom is 0.475 e. The van der Waals surface area contributed by atoms with Gasteiger partial charge in [0.2, 0.25) is 5.91 Å². The summed E-state index contributed by atoms with van der Waals surface area (Å²) >= 11 is 0. The van der Waals surface area contributed by atoms with Gasteiger partial charge < -0.3 is 10.1 Å². The highest BCUT2D eigenvalue weighted by molar-refractivity contribution is 7.48. The van der Waals surface area contributed by atoms with E-state index in [-0.39, 0.29) is 43.8 Å². The zero-order valence-corrected chi connectivity index (χ0v) is 29.8. The average molecular weight is 646 g/mol. The van der Waals surface area contributed by atoms with Crippen molar-refractivity contribution in [1.82, 2.24) is 5.32 Å². The molecule has 0 aliphatic heterocycles. The van der Waals surface area contributed by atoms with Gasteiger partial charge in [0.1, 0.15) is 6.10 Å². The topological polar surface area (TPSA) is 100 Å². The number of ether oxygens (including phenoxy) is 1. The molecule has 3 atom stereocenters. The number of hydrogen-bond acceptors (Lipinski definition) is 7. The fraction of sp³-hybridized carbons (Fsp3) is 0.886. The first-order valence-corrected chi connectivity index (χ1v) is 19.4. The van der Waals surface area contributed by atoms with Crippen LogP contribution in [-0.4, -0.2) is 43.8 Å². The summed E-state index contributed by atoms with van der Waals surface area (Å²) in [5.74, 6) is -0.294. The van der Waals surface area contributed by atoms with E-state index < -0.39 is 7.82 Å². The summed E-state index contributed by atoms with van der Waals surface area (Å²) < 4.78 is 35.2. The summed E-state index contributed by atoms with van der Waals surface area (Å²) in [6, 6.07) is -0.365. The van der Waals surface area contributed by atoms with Crippen LogP contribution in [0.3, 0.4) is 0 Å². The van der Waals surface area contributed by atoms with Gasteiger partial charge in [0, 0.05) is 13.3 Å². The van der Waals surface area contributed by atoms with Crippen molar-refractivity contribution in [1.29, 1.82) is 0 Å². The minimum atomic E-state index is -3.76. The van der Waals surface area contributed by atoms with E-state index in [2.05, 4.69) is 25.7 Å². The lowest BCUT2D eigenvalue weighted by Gasteiger charge is -2.23. The van der Waals surface area contributed by atoms with Crippen molar-refractivity contribution in [3.05, 3.63) is 12.7 Å². The maximum atomic E-state index is 13.0. The lowest BCUT2D eigenvalue weighted by atomic mass is 10.0. The monoisotopic (exact) mass is 645 g/mol. The Kier molecular flexibility index (Phi) is 29.6. The molecule has 8 nitrogen and oxygen atoms in total. The highest BCUT2D eigenvalue weighted by atomic mass is 31.2. The summed E-state index contributed by atoms with van der Waals surface area (Å²) in [5, 5.41) is 2.89. The van der Waals surface area contributed by atoms with Gasteiger partial charge in [0.25, 0.3) is 0 Å². The molecule has 44 heavy (non-hydrogen) atoms. The molecule has 0 fully saturated rings. The molecule has 3 unspecified atom stereocenters. The predicted molar refractivity (Wildman–Crippen MR) is 182 cm³/mol. The Morgan fingerprint density at radius 1 is 0.705 bits per heavy atom. The summed E-state index contributed by atoms with van der Waals surface area (Å²) in [7, 11) is -3.76. The minimum Gasteiger partial charge on any atom is -0.462 e. The van der Waals surface area contributed by atoms with Crippen LogP contribution in [-0.2, 0) is 32.5 Å². The summed E-state index contributed by atoms with van der Waals surface area (Å²) in [4.78, 5) is 24.6. The first kappa shape index (κ1) is 42.8. The third-order valence-corrected chi connectivity index (χ3v) is 9.07. The van der Waals surface area contributed by atoms with Crippen LogP contribution >= 0.6 is 7.82 Å². The highest BCUT2D eigenvalue weighted by Gasteiger charge is 2.28. The number of unbranched alkanes of at least 4 members (excludes halogenated alkanes) is 14. The molecule has 1 N–H and O–H groups in total. The van der Waals surface area contributed by atoms with Gasteiger partial charge in [-0.15, -0.1) is 6.58 Å². The molecular weight excluding hydrogens is 577 g/mol. The largest absolute Gasteiger partial charge is 0.475 e. The van der Waals surface area contributed by atoms with Crippen molar-refractivity contribution in [2.75, 3.05) is 19.8 Å². The molecule has 0 aromatic rings. The van der Waals surface area contributed by atoms with Crippen molar-refractivity contribution in [2.24, 2.45) is 0 Å². The number of phosphoric ester groups is 1. The van der Waals surface area contributed by atoms with E-state index in [1.54, 1.807) is 0 Å². The summed E-state index contributed by atoms with van der Waals surface area (Å²) in [5.41, 5.74) is 0. The van der Waals surface area contributed by atoms with E-state index in [1.807, 2.05) is 6.92 Å². The van der Waals surface area contributed by atoms with Crippen LogP contribution in [0.15, 0.2) is 12.7 Å². The van der Waals surface area contributed by atoms with E-state index in [4.69, 9.17) is 18.3 Å². The van der Waals surface area contributed by atoms with Crippen molar-refractivity contribution < 1.29 is 32.5 Å². The number of phosphoric acid groups is 1. The van der Waals surface area contributed by atoms with E-state index in [0.717, 1.165) is 38.5 Å². The molecule has 0 radical (unpaired) electrons. The maximum absolute atomic E-state index is 13.0. The molecule has 9 heteroatoms. The van der Waals surface area contributed by atoms with Crippen LogP contribution < -0.4 is 5.32 Å². The quantitative estimate of drug-likeness (QED) is 0.0328. The Balaban J connectivity index is 4.79. The van der Waals surface area contributed by atoms with Gasteiger partial charge in [-0.1, -0.05) is 117 Å². The van der Waals surface area contributed by atoms with Crippen LogP contribution in [0.2, 0.25) is 0 Å². The molecule has 0 rings (SSSR count). The van der Waals surface area contributed by atoms with Crippen molar-refractivity contribution >= 4 is 19.7 Å². The molecule has 0 saturated carbocycles. The summed E-state index contributed by atoms with van der Waals surface area (Å²) in [6.07, 6.45) is 24.9. The van der Waals surface area contributed by atoms with Crippen LogP contribution in [0, 0.1) is 0 Å². The Hall–Kier alpha value is -1.21. The van der Waals surface area contributed by atoms with Crippen molar-refractivity contribution in [2.45, 2.75) is 181 Å². The zero-order chi connectivity index (χ0) is 32.7. The fourth-order valence-corrected chi connectivity index (χ4v) is 6.41. The van der Waals surface area contributed by atoms with E-state index in [1.165, 1.54) is 90.0 Å². The third-order valence-electron chi connectivity index (χ3n) is 7.64. The molecule has 0 aromatic carbocycles. The van der Waals surface area contributed by atoms with Gasteiger partial charge >= 0.3 is 13.8 Å². The molecule has 0 bridgehead atoms. The van der Waals surface area contributed by atoms with Crippen LogP contribution in [0.4, 0.5) is 0 Å². The van der Waals surface area contributed by atoms with Crippen LogP contribution in [0.1, 0.15) is 169 Å². The van der Waals surface area contributed by atoms with Crippen LogP contribution in [0.5, 0.6) is 0 Å². The number of carbonyl (C=O) groups is 2. The highest BCUT2D eigenvalue weighted by Crippen LogP contribution is 2.49. The molecule has 0 heterocycles. The standard InChI is InChI=1S/C35H68NO7P/c1-6-10-12-14-16-17-18-19-21-23-28-35(38)43-34(26-22-20-15-13-11-7-2)27-24-25-33(36-32(5)37)31-42-44(39,40-29-8-3)41-30-9-4/h8,33-34H,3,6-7,9-31H2,1-2,4-5H3,(H,36,37). The first-order chi connectivity index (χ1) is 21.3. The minimum absolute atomic E-state index is 0.00165. The molecule has 0 saturated heterocycles. The van der Waals surface area contributed by atoms with Gasteiger partial charge in [0.15, 0.2) is 0 Å². The van der Waals surface area contributed by atoms with Gasteiger partial charge in [-0.05, 0) is 44.9 Å². The number of rotatable bonds is 33.